The first kappa shape index (κ1) is 12.6. The molecule has 1 heteroatoms. The van der Waals surface area contributed by atoms with Gasteiger partial charge in [-0.3, -0.25) is 0 Å². The van der Waals surface area contributed by atoms with Crippen LogP contribution in [0.25, 0.3) is 17.3 Å². The van der Waals surface area contributed by atoms with Crippen LogP contribution in [0.5, 0.6) is 0 Å². The van der Waals surface area contributed by atoms with Crippen molar-refractivity contribution < 1.29 is 0 Å². The summed E-state index contributed by atoms with van der Waals surface area (Å²) in [4.78, 5) is 0. The van der Waals surface area contributed by atoms with Gasteiger partial charge in [-0.05, 0) is 61.2 Å². The van der Waals surface area contributed by atoms with Crippen molar-refractivity contribution in [3.63, 3.8) is 0 Å². The van der Waals surface area contributed by atoms with Crippen LogP contribution in [-0.2, 0) is 0 Å². The number of benzene rings is 1. The highest BCUT2D eigenvalue weighted by atomic mass is 14.5. The molecule has 2 N–H and O–H groups in total. The van der Waals surface area contributed by atoms with Crippen LogP contribution in [0.4, 0.5) is 0 Å². The molecule has 0 radical (unpaired) electrons. The minimum atomic E-state index is 0.866. The van der Waals surface area contributed by atoms with Crippen LogP contribution in [0.15, 0.2) is 18.7 Å². The van der Waals surface area contributed by atoms with Gasteiger partial charge < -0.3 is 5.73 Å². The third-order valence-electron chi connectivity index (χ3n) is 2.94. The molecule has 1 nitrogen and oxygen atoms in total. The molecule has 0 unspecified atom stereocenters. The average Bonchev–Trinajstić information content (AvgIpc) is 2.27. The monoisotopic (exact) mass is 215 g/mol. The Labute approximate surface area is 98.0 Å². The SMILES string of the molecule is C=C(CC)c1cc(=C/C)/c(=C(/C)N)cc1C. The first-order chi connectivity index (χ1) is 7.51. The van der Waals surface area contributed by atoms with Crippen LogP contribution in [0.1, 0.15) is 38.3 Å². The summed E-state index contributed by atoms with van der Waals surface area (Å²) >= 11 is 0. The fraction of sp³-hybridized carbons (Fsp3) is 0.333. The zero-order valence-corrected chi connectivity index (χ0v) is 10.7. The Hall–Kier alpha value is -1.50. The highest BCUT2D eigenvalue weighted by Gasteiger charge is 2.02. The van der Waals surface area contributed by atoms with Gasteiger partial charge in [0.2, 0.25) is 0 Å². The smallest absolute Gasteiger partial charge is 0.0128 e. The molecule has 1 rings (SSSR count). The maximum atomic E-state index is 5.89. The number of aryl methyl sites for hydroxylation is 1. The maximum Gasteiger partial charge on any atom is 0.0128 e. The van der Waals surface area contributed by atoms with Crippen molar-refractivity contribution in [3.05, 3.63) is 40.3 Å². The van der Waals surface area contributed by atoms with Crippen molar-refractivity contribution in [2.45, 2.75) is 34.1 Å². The van der Waals surface area contributed by atoms with Crippen molar-refractivity contribution in [2.24, 2.45) is 5.73 Å². The lowest BCUT2D eigenvalue weighted by molar-refractivity contribution is 1.22. The Kier molecular flexibility index (Phi) is 3.94. The minimum Gasteiger partial charge on any atom is -0.402 e. The second-order valence-electron chi connectivity index (χ2n) is 4.18. The largest absolute Gasteiger partial charge is 0.402 e. The van der Waals surface area contributed by atoms with Gasteiger partial charge in [-0.1, -0.05) is 19.6 Å². The first-order valence-electron chi connectivity index (χ1n) is 5.72. The zero-order chi connectivity index (χ0) is 12.3. The van der Waals surface area contributed by atoms with Gasteiger partial charge in [0, 0.05) is 10.9 Å². The van der Waals surface area contributed by atoms with Crippen molar-refractivity contribution in [2.75, 3.05) is 0 Å². The number of hydrogen-bond acceptors (Lipinski definition) is 1. The molecule has 0 spiro atoms. The van der Waals surface area contributed by atoms with Crippen LogP contribution in [0.3, 0.4) is 0 Å². The van der Waals surface area contributed by atoms with E-state index in [9.17, 15) is 0 Å². The van der Waals surface area contributed by atoms with E-state index in [1.807, 2.05) is 13.8 Å². The Morgan fingerprint density at radius 1 is 1.44 bits per heavy atom. The highest BCUT2D eigenvalue weighted by molar-refractivity contribution is 5.66. The molecule has 0 amide bonds. The predicted octanol–water partition coefficient (Wildman–Crippen LogP) is 2.31. The third kappa shape index (κ3) is 2.35. The van der Waals surface area contributed by atoms with Gasteiger partial charge in [-0.25, -0.2) is 0 Å². The van der Waals surface area contributed by atoms with Crippen molar-refractivity contribution in [1.82, 2.24) is 0 Å². The summed E-state index contributed by atoms with van der Waals surface area (Å²) in [5, 5.41) is 2.32. The molecule has 0 saturated carbocycles. The molecule has 0 saturated heterocycles. The molecule has 0 atom stereocenters. The number of nitrogens with two attached hydrogens (primary N) is 1. The Morgan fingerprint density at radius 2 is 2.06 bits per heavy atom. The van der Waals surface area contributed by atoms with E-state index in [2.05, 4.69) is 38.6 Å². The molecule has 0 bridgehead atoms. The zero-order valence-electron chi connectivity index (χ0n) is 10.7. The van der Waals surface area contributed by atoms with Gasteiger partial charge in [0.25, 0.3) is 0 Å². The second kappa shape index (κ2) is 5.02. The molecule has 0 aliphatic rings. The van der Waals surface area contributed by atoms with E-state index in [0.29, 0.717) is 0 Å². The van der Waals surface area contributed by atoms with E-state index in [0.717, 1.165) is 17.3 Å². The molecule has 1 aromatic rings. The topological polar surface area (TPSA) is 26.0 Å². The van der Waals surface area contributed by atoms with Crippen LogP contribution < -0.4 is 16.2 Å². The minimum absolute atomic E-state index is 0.866. The molecular formula is C15H21N. The van der Waals surface area contributed by atoms with Crippen LogP contribution in [0.2, 0.25) is 0 Å². The lowest BCUT2D eigenvalue weighted by Crippen LogP contribution is -2.29. The highest BCUT2D eigenvalue weighted by Crippen LogP contribution is 2.16. The average molecular weight is 215 g/mol. The Balaban J connectivity index is 3.65. The molecule has 0 aliphatic carbocycles. The lowest BCUT2D eigenvalue weighted by atomic mass is 9.97. The first-order valence-corrected chi connectivity index (χ1v) is 5.72. The summed E-state index contributed by atoms with van der Waals surface area (Å²) in [5.74, 6) is 0. The van der Waals surface area contributed by atoms with E-state index < -0.39 is 0 Å². The molecular weight excluding hydrogens is 194 g/mol. The van der Waals surface area contributed by atoms with Crippen LogP contribution >= 0.6 is 0 Å². The van der Waals surface area contributed by atoms with E-state index in [1.165, 1.54) is 21.9 Å². The number of hydrogen-bond donors (Lipinski definition) is 1. The quantitative estimate of drug-likeness (QED) is 0.805. The van der Waals surface area contributed by atoms with Gasteiger partial charge >= 0.3 is 0 Å². The van der Waals surface area contributed by atoms with Gasteiger partial charge in [-0.2, -0.15) is 0 Å². The fourth-order valence-corrected chi connectivity index (χ4v) is 1.88. The van der Waals surface area contributed by atoms with Crippen molar-refractivity contribution >= 4 is 17.3 Å². The normalized spacial score (nSPS) is 13.9. The van der Waals surface area contributed by atoms with Gasteiger partial charge in [0.15, 0.2) is 0 Å². The summed E-state index contributed by atoms with van der Waals surface area (Å²) in [7, 11) is 0. The van der Waals surface area contributed by atoms with Gasteiger partial charge in [0.05, 0.1) is 0 Å². The molecule has 0 heterocycles. The lowest BCUT2D eigenvalue weighted by Gasteiger charge is -2.08. The van der Waals surface area contributed by atoms with Gasteiger partial charge in [0.1, 0.15) is 0 Å². The second-order valence-corrected chi connectivity index (χ2v) is 4.18. The maximum absolute atomic E-state index is 5.89. The molecule has 86 valence electrons. The Morgan fingerprint density at radius 3 is 2.50 bits per heavy atom. The molecule has 0 aliphatic heterocycles. The summed E-state index contributed by atoms with van der Waals surface area (Å²) in [6, 6.07) is 4.34. The number of allylic oxidation sites excluding steroid dienone is 1. The van der Waals surface area contributed by atoms with Crippen LogP contribution in [0, 0.1) is 6.92 Å². The van der Waals surface area contributed by atoms with E-state index in [4.69, 9.17) is 5.73 Å². The Bertz CT molecular complexity index is 517. The molecule has 1 aromatic carbocycles. The standard InChI is InChI=1S/C15H21N/c1-6-10(3)14-9-13(7-2)15(12(5)16)8-11(14)4/h7-9H,3,6,16H2,1-2,4-5H3/b13-7-,15-12-. The van der Waals surface area contributed by atoms with E-state index >= 15 is 0 Å². The summed E-state index contributed by atoms with van der Waals surface area (Å²) < 4.78 is 0. The van der Waals surface area contributed by atoms with E-state index in [-0.39, 0.29) is 0 Å². The van der Waals surface area contributed by atoms with E-state index in [1.54, 1.807) is 0 Å². The fourth-order valence-electron chi connectivity index (χ4n) is 1.88. The summed E-state index contributed by atoms with van der Waals surface area (Å²) in [5.41, 5.74) is 10.4. The predicted molar refractivity (Wildman–Crippen MR) is 73.2 cm³/mol. The summed E-state index contributed by atoms with van der Waals surface area (Å²) in [6.07, 6.45) is 3.08. The third-order valence-corrected chi connectivity index (χ3v) is 2.94. The molecule has 16 heavy (non-hydrogen) atoms. The van der Waals surface area contributed by atoms with Crippen molar-refractivity contribution in [3.8, 4) is 0 Å². The molecule has 0 fully saturated rings. The van der Waals surface area contributed by atoms with Gasteiger partial charge in [-0.15, -0.1) is 0 Å². The van der Waals surface area contributed by atoms with Crippen molar-refractivity contribution in [1.29, 1.82) is 0 Å². The summed E-state index contributed by atoms with van der Waals surface area (Å²) in [6.45, 7) is 12.3. The number of rotatable bonds is 2. The molecule has 0 aromatic heterocycles. The van der Waals surface area contributed by atoms with Crippen LogP contribution in [-0.4, -0.2) is 0 Å².